The maximum atomic E-state index is 12.0. The summed E-state index contributed by atoms with van der Waals surface area (Å²) in [5.74, 6) is 0.142. The normalized spacial score (nSPS) is 16.3. The molecule has 0 atom stereocenters. The molecule has 1 fully saturated rings. The molecule has 0 aliphatic carbocycles. The molecule has 2 N–H and O–H groups in total. The minimum atomic E-state index is 0.142. The van der Waals surface area contributed by atoms with Gasteiger partial charge in [0, 0.05) is 5.69 Å². The molecule has 1 amide bonds. The minimum absolute atomic E-state index is 0.142. The number of benzene rings is 1. The van der Waals surface area contributed by atoms with Crippen LogP contribution in [0, 0.1) is 13.8 Å². The summed E-state index contributed by atoms with van der Waals surface area (Å²) >= 11 is 0. The number of amides is 1. The molecule has 3 nitrogen and oxygen atoms in total. The van der Waals surface area contributed by atoms with Gasteiger partial charge in [0.15, 0.2) is 0 Å². The average Bonchev–Trinajstić information content (AvgIpc) is 2.36. The molecule has 1 aromatic rings. The Kier molecular flexibility index (Phi) is 4.97. The summed E-state index contributed by atoms with van der Waals surface area (Å²) in [5, 5.41) is 3.01. The summed E-state index contributed by atoms with van der Waals surface area (Å²) in [4.78, 5) is 13.5. The van der Waals surface area contributed by atoms with Gasteiger partial charge in [-0.1, -0.05) is 6.07 Å². The number of quaternary nitrogens is 1. The lowest BCUT2D eigenvalue weighted by molar-refractivity contribution is -0.904. The van der Waals surface area contributed by atoms with E-state index < -0.39 is 0 Å². The van der Waals surface area contributed by atoms with E-state index in [1.807, 2.05) is 12.1 Å². The lowest BCUT2D eigenvalue weighted by atomic mass is 10.1. The number of carbonyl (C=O) groups is 1. The van der Waals surface area contributed by atoms with Crippen molar-refractivity contribution in [2.45, 2.75) is 39.5 Å². The van der Waals surface area contributed by atoms with E-state index in [4.69, 9.17) is 0 Å². The first-order valence-electron chi connectivity index (χ1n) is 7.35. The second-order valence-corrected chi connectivity index (χ2v) is 5.74. The van der Waals surface area contributed by atoms with Crippen molar-refractivity contribution in [1.29, 1.82) is 0 Å². The van der Waals surface area contributed by atoms with Crippen LogP contribution in [0.4, 0.5) is 5.69 Å². The molecule has 0 unspecified atom stereocenters. The predicted molar refractivity (Wildman–Crippen MR) is 78.6 cm³/mol. The van der Waals surface area contributed by atoms with E-state index in [0.717, 1.165) is 12.2 Å². The monoisotopic (exact) mass is 261 g/mol. The second-order valence-electron chi connectivity index (χ2n) is 5.74. The van der Waals surface area contributed by atoms with Gasteiger partial charge in [-0.2, -0.15) is 0 Å². The molecule has 0 radical (unpaired) electrons. The summed E-state index contributed by atoms with van der Waals surface area (Å²) in [7, 11) is 0. The fourth-order valence-electron chi connectivity index (χ4n) is 2.86. The number of aryl methyl sites for hydroxylation is 2. The van der Waals surface area contributed by atoms with E-state index in [1.165, 1.54) is 43.5 Å². The van der Waals surface area contributed by atoms with Gasteiger partial charge in [-0.15, -0.1) is 0 Å². The van der Waals surface area contributed by atoms with Crippen LogP contribution in [0.1, 0.15) is 36.8 Å². The van der Waals surface area contributed by atoms with E-state index in [-0.39, 0.29) is 5.91 Å². The summed E-state index contributed by atoms with van der Waals surface area (Å²) in [6.45, 7) is 7.55. The zero-order chi connectivity index (χ0) is 13.7. The van der Waals surface area contributed by atoms with E-state index in [2.05, 4.69) is 25.2 Å². The van der Waals surface area contributed by atoms with Crippen LogP contribution < -0.4 is 10.2 Å². The van der Waals surface area contributed by atoms with Crippen molar-refractivity contribution in [3.05, 3.63) is 29.3 Å². The molecule has 1 saturated heterocycles. The molecule has 3 heteroatoms. The summed E-state index contributed by atoms with van der Waals surface area (Å²) in [5.41, 5.74) is 3.31. The SMILES string of the molecule is Cc1cc(C)cc(NC(=O)CC[NH+]2CCCCC2)c1. The molecule has 1 aromatic carbocycles. The number of rotatable bonds is 4. The van der Waals surface area contributed by atoms with E-state index in [1.54, 1.807) is 4.90 Å². The highest BCUT2D eigenvalue weighted by molar-refractivity contribution is 5.90. The largest absolute Gasteiger partial charge is 0.335 e. The molecule has 0 saturated carbocycles. The number of hydrogen-bond donors (Lipinski definition) is 2. The van der Waals surface area contributed by atoms with Crippen LogP contribution in [0.25, 0.3) is 0 Å². The first-order valence-corrected chi connectivity index (χ1v) is 7.35. The van der Waals surface area contributed by atoms with Crippen LogP contribution in [0.2, 0.25) is 0 Å². The maximum absolute atomic E-state index is 12.0. The van der Waals surface area contributed by atoms with Crippen LogP contribution in [-0.2, 0) is 4.79 Å². The van der Waals surface area contributed by atoms with Crippen molar-refractivity contribution in [1.82, 2.24) is 0 Å². The maximum Gasteiger partial charge on any atom is 0.230 e. The molecular formula is C16H25N2O+. The minimum Gasteiger partial charge on any atom is -0.335 e. The van der Waals surface area contributed by atoms with Gasteiger partial charge < -0.3 is 10.2 Å². The van der Waals surface area contributed by atoms with Gasteiger partial charge in [0.25, 0.3) is 0 Å². The molecule has 0 bridgehead atoms. The Labute approximate surface area is 116 Å². The molecule has 0 spiro atoms. The number of anilines is 1. The second kappa shape index (κ2) is 6.71. The first-order chi connectivity index (χ1) is 9.13. The quantitative estimate of drug-likeness (QED) is 0.850. The van der Waals surface area contributed by atoms with Gasteiger partial charge in [-0.05, 0) is 56.4 Å². The van der Waals surface area contributed by atoms with Crippen molar-refractivity contribution in [2.75, 3.05) is 25.0 Å². The Balaban J connectivity index is 1.80. The fourth-order valence-corrected chi connectivity index (χ4v) is 2.86. The summed E-state index contributed by atoms with van der Waals surface area (Å²) in [6.07, 6.45) is 4.61. The van der Waals surface area contributed by atoms with Crippen LogP contribution in [-0.4, -0.2) is 25.5 Å². The third-order valence-corrected chi connectivity index (χ3v) is 3.77. The highest BCUT2D eigenvalue weighted by Crippen LogP contribution is 2.13. The standard InChI is InChI=1S/C16H24N2O/c1-13-10-14(2)12-15(11-13)17-16(19)6-9-18-7-4-3-5-8-18/h10-12H,3-9H2,1-2H3,(H,17,19)/p+1. The van der Waals surface area contributed by atoms with Gasteiger partial charge in [0.05, 0.1) is 26.1 Å². The molecule has 0 aromatic heterocycles. The molecule has 104 valence electrons. The third kappa shape index (κ3) is 4.67. The van der Waals surface area contributed by atoms with Gasteiger partial charge >= 0.3 is 0 Å². The van der Waals surface area contributed by atoms with Crippen molar-refractivity contribution < 1.29 is 9.69 Å². The Morgan fingerprint density at radius 1 is 1.11 bits per heavy atom. The van der Waals surface area contributed by atoms with Gasteiger partial charge in [-0.25, -0.2) is 0 Å². The molecule has 19 heavy (non-hydrogen) atoms. The van der Waals surface area contributed by atoms with Crippen molar-refractivity contribution in [3.63, 3.8) is 0 Å². The highest BCUT2D eigenvalue weighted by atomic mass is 16.1. The van der Waals surface area contributed by atoms with Gasteiger partial charge in [-0.3, -0.25) is 4.79 Å². The Bertz CT molecular complexity index is 416. The molecular weight excluding hydrogens is 236 g/mol. The Morgan fingerprint density at radius 2 is 1.74 bits per heavy atom. The summed E-state index contributed by atoms with van der Waals surface area (Å²) in [6, 6.07) is 6.17. The topological polar surface area (TPSA) is 33.5 Å². The lowest BCUT2D eigenvalue weighted by Crippen LogP contribution is -3.12. The number of nitrogens with one attached hydrogen (secondary N) is 2. The molecule has 1 heterocycles. The van der Waals surface area contributed by atoms with Crippen molar-refractivity contribution in [2.24, 2.45) is 0 Å². The van der Waals surface area contributed by atoms with Crippen LogP contribution in [0.3, 0.4) is 0 Å². The zero-order valence-corrected chi connectivity index (χ0v) is 12.1. The smallest absolute Gasteiger partial charge is 0.230 e. The van der Waals surface area contributed by atoms with Gasteiger partial charge in [0.1, 0.15) is 0 Å². The van der Waals surface area contributed by atoms with Crippen LogP contribution >= 0.6 is 0 Å². The zero-order valence-electron chi connectivity index (χ0n) is 12.1. The van der Waals surface area contributed by atoms with E-state index in [0.29, 0.717) is 6.42 Å². The third-order valence-electron chi connectivity index (χ3n) is 3.77. The Morgan fingerprint density at radius 3 is 2.37 bits per heavy atom. The number of carbonyl (C=O) groups excluding carboxylic acids is 1. The molecule has 1 aliphatic heterocycles. The average molecular weight is 261 g/mol. The lowest BCUT2D eigenvalue weighted by Gasteiger charge is -2.23. The Hall–Kier alpha value is -1.35. The van der Waals surface area contributed by atoms with Crippen molar-refractivity contribution in [3.8, 4) is 0 Å². The first kappa shape index (κ1) is 14.1. The molecule has 1 aliphatic rings. The summed E-state index contributed by atoms with van der Waals surface area (Å²) < 4.78 is 0. The van der Waals surface area contributed by atoms with E-state index >= 15 is 0 Å². The number of hydrogen-bond acceptors (Lipinski definition) is 1. The fraction of sp³-hybridized carbons (Fsp3) is 0.562. The van der Waals surface area contributed by atoms with Crippen molar-refractivity contribution >= 4 is 11.6 Å². The predicted octanol–water partition coefficient (Wildman–Crippen LogP) is 1.70. The van der Waals surface area contributed by atoms with E-state index in [9.17, 15) is 4.79 Å². The molecule has 2 rings (SSSR count). The highest BCUT2D eigenvalue weighted by Gasteiger charge is 2.14. The number of piperidine rings is 1. The van der Waals surface area contributed by atoms with Crippen LogP contribution in [0.15, 0.2) is 18.2 Å². The number of likely N-dealkylation sites (tertiary alicyclic amines) is 1. The van der Waals surface area contributed by atoms with Crippen LogP contribution in [0.5, 0.6) is 0 Å². The van der Waals surface area contributed by atoms with Gasteiger partial charge in [0.2, 0.25) is 5.91 Å².